The third-order valence-corrected chi connectivity index (χ3v) is 6.66. The number of carbonyl (C=O) groups is 1. The Bertz CT molecular complexity index is 576. The fourth-order valence-electron chi connectivity index (χ4n) is 2.45. The predicted molar refractivity (Wildman–Crippen MR) is 88.0 cm³/mol. The number of amides is 1. The molecule has 0 radical (unpaired) electrons. The minimum Gasteiger partial charge on any atom is -0.353 e. The molecule has 0 bridgehead atoms. The smallest absolute Gasteiger partial charge is 0.281 e. The summed E-state index contributed by atoms with van der Waals surface area (Å²) in [6, 6.07) is 4.09. The Morgan fingerprint density at radius 1 is 1.41 bits per heavy atom. The maximum Gasteiger partial charge on any atom is 0.281 e. The van der Waals surface area contributed by atoms with E-state index in [1.165, 1.54) is 27.6 Å². The van der Waals surface area contributed by atoms with Crippen LogP contribution in [-0.4, -0.2) is 56.2 Å². The monoisotopic (exact) mass is 345 g/mol. The van der Waals surface area contributed by atoms with E-state index >= 15 is 0 Å². The van der Waals surface area contributed by atoms with Crippen LogP contribution >= 0.6 is 11.3 Å². The summed E-state index contributed by atoms with van der Waals surface area (Å²) < 4.78 is 26.7. The van der Waals surface area contributed by atoms with Gasteiger partial charge in [-0.2, -0.15) is 17.0 Å². The van der Waals surface area contributed by atoms with Crippen molar-refractivity contribution in [1.29, 1.82) is 0 Å². The molecule has 6 nitrogen and oxygen atoms in total. The lowest BCUT2D eigenvalue weighted by Gasteiger charge is -2.33. The molecule has 1 aromatic rings. The van der Waals surface area contributed by atoms with Gasteiger partial charge in [-0.05, 0) is 30.7 Å². The van der Waals surface area contributed by atoms with E-state index in [4.69, 9.17) is 0 Å². The molecule has 1 N–H and O–H groups in total. The van der Waals surface area contributed by atoms with Crippen molar-refractivity contribution >= 4 is 27.5 Å². The molecule has 0 spiro atoms. The Morgan fingerprint density at radius 3 is 2.64 bits per heavy atom. The summed E-state index contributed by atoms with van der Waals surface area (Å²) in [5.74, 6) is 0.0438. The van der Waals surface area contributed by atoms with Crippen molar-refractivity contribution in [3.8, 4) is 0 Å². The molecule has 0 saturated carbocycles. The highest BCUT2D eigenvalue weighted by Crippen LogP contribution is 2.16. The highest BCUT2D eigenvalue weighted by atomic mass is 32.2. The molecule has 2 rings (SSSR count). The zero-order chi connectivity index (χ0) is 16.2. The second-order valence-corrected chi connectivity index (χ2v) is 8.78. The van der Waals surface area contributed by atoms with E-state index < -0.39 is 10.2 Å². The van der Waals surface area contributed by atoms with E-state index in [9.17, 15) is 13.2 Å². The average molecular weight is 345 g/mol. The average Bonchev–Trinajstić information content (AvgIpc) is 2.99. The van der Waals surface area contributed by atoms with Gasteiger partial charge in [-0.25, -0.2) is 0 Å². The summed E-state index contributed by atoms with van der Waals surface area (Å²) in [4.78, 5) is 13.2. The minimum atomic E-state index is -3.34. The van der Waals surface area contributed by atoms with Crippen LogP contribution < -0.4 is 5.32 Å². The Labute approximate surface area is 136 Å². The van der Waals surface area contributed by atoms with Gasteiger partial charge < -0.3 is 5.32 Å². The largest absolute Gasteiger partial charge is 0.353 e. The van der Waals surface area contributed by atoms with E-state index in [1.807, 2.05) is 17.5 Å². The maximum atomic E-state index is 12.0. The van der Waals surface area contributed by atoms with Crippen LogP contribution in [0.15, 0.2) is 17.5 Å². The van der Waals surface area contributed by atoms with Crippen molar-refractivity contribution in [3.63, 3.8) is 0 Å². The molecule has 1 aliphatic rings. The lowest BCUT2D eigenvalue weighted by molar-refractivity contribution is -0.122. The van der Waals surface area contributed by atoms with E-state index in [0.717, 1.165) is 6.42 Å². The number of aryl methyl sites for hydroxylation is 1. The van der Waals surface area contributed by atoms with Crippen LogP contribution in [0, 0.1) is 0 Å². The van der Waals surface area contributed by atoms with Crippen LogP contribution in [0.25, 0.3) is 0 Å². The summed E-state index contributed by atoms with van der Waals surface area (Å²) in [7, 11) is -0.265. The van der Waals surface area contributed by atoms with Gasteiger partial charge in [0.15, 0.2) is 0 Å². The topological polar surface area (TPSA) is 69.7 Å². The predicted octanol–water partition coefficient (Wildman–Crippen LogP) is 1.07. The number of hydrogen-bond donors (Lipinski definition) is 1. The van der Waals surface area contributed by atoms with E-state index in [2.05, 4.69) is 5.32 Å². The van der Waals surface area contributed by atoms with Gasteiger partial charge in [0.05, 0.1) is 0 Å². The van der Waals surface area contributed by atoms with E-state index in [0.29, 0.717) is 32.4 Å². The molecule has 1 aliphatic heterocycles. The van der Waals surface area contributed by atoms with Crippen LogP contribution in [0.3, 0.4) is 0 Å². The van der Waals surface area contributed by atoms with Crippen LogP contribution in [0.5, 0.6) is 0 Å². The standard InChI is InChI=1S/C14H23N3O3S2/c1-16(2)22(19,20)17-9-7-12(8-10-17)15-14(18)6-5-13-4-3-11-21-13/h3-4,11-12H,5-10H2,1-2H3,(H,15,18). The SMILES string of the molecule is CN(C)S(=O)(=O)N1CCC(NC(=O)CCc2cccs2)CC1. The molecule has 0 atom stereocenters. The zero-order valence-electron chi connectivity index (χ0n) is 13.0. The second kappa shape index (κ2) is 7.54. The van der Waals surface area contributed by atoms with Gasteiger partial charge in [0.2, 0.25) is 5.91 Å². The number of hydrogen-bond acceptors (Lipinski definition) is 4. The first kappa shape index (κ1) is 17.4. The maximum absolute atomic E-state index is 12.0. The van der Waals surface area contributed by atoms with Crippen molar-refractivity contribution in [2.75, 3.05) is 27.2 Å². The zero-order valence-corrected chi connectivity index (χ0v) is 14.6. The normalized spacial score (nSPS) is 17.8. The lowest BCUT2D eigenvalue weighted by Crippen LogP contribution is -2.49. The quantitative estimate of drug-likeness (QED) is 0.838. The van der Waals surface area contributed by atoms with Crippen molar-refractivity contribution in [2.45, 2.75) is 31.7 Å². The fraction of sp³-hybridized carbons (Fsp3) is 0.643. The number of thiophene rings is 1. The Morgan fingerprint density at radius 2 is 2.09 bits per heavy atom. The van der Waals surface area contributed by atoms with Gasteiger partial charge in [0.1, 0.15) is 0 Å². The van der Waals surface area contributed by atoms with Crippen molar-refractivity contribution in [2.24, 2.45) is 0 Å². The molecule has 0 aromatic carbocycles. The summed E-state index contributed by atoms with van der Waals surface area (Å²) in [6.45, 7) is 0.909. The molecular formula is C14H23N3O3S2. The molecule has 2 heterocycles. The van der Waals surface area contributed by atoms with E-state index in [-0.39, 0.29) is 11.9 Å². The number of carbonyl (C=O) groups excluding carboxylic acids is 1. The third kappa shape index (κ3) is 4.52. The Balaban J connectivity index is 1.74. The highest BCUT2D eigenvalue weighted by Gasteiger charge is 2.29. The fourth-order valence-corrected chi connectivity index (χ4v) is 4.30. The molecule has 1 fully saturated rings. The molecule has 124 valence electrons. The van der Waals surface area contributed by atoms with Crippen molar-refractivity contribution in [3.05, 3.63) is 22.4 Å². The third-order valence-electron chi connectivity index (χ3n) is 3.79. The Hall–Kier alpha value is -0.960. The summed E-state index contributed by atoms with van der Waals surface area (Å²) in [5.41, 5.74) is 0. The van der Waals surface area contributed by atoms with E-state index in [1.54, 1.807) is 11.3 Å². The first-order chi connectivity index (χ1) is 10.4. The molecule has 8 heteroatoms. The number of nitrogens with one attached hydrogen (secondary N) is 1. The van der Waals surface area contributed by atoms with Gasteiger partial charge in [-0.1, -0.05) is 6.07 Å². The first-order valence-electron chi connectivity index (χ1n) is 7.39. The first-order valence-corrected chi connectivity index (χ1v) is 9.66. The summed E-state index contributed by atoms with van der Waals surface area (Å²) in [5, 5.41) is 5.02. The van der Waals surface area contributed by atoms with Gasteiger partial charge in [-0.3, -0.25) is 4.79 Å². The second-order valence-electron chi connectivity index (χ2n) is 5.61. The van der Waals surface area contributed by atoms with Gasteiger partial charge in [-0.15, -0.1) is 11.3 Å². The van der Waals surface area contributed by atoms with Crippen LogP contribution in [-0.2, 0) is 21.4 Å². The summed E-state index contributed by atoms with van der Waals surface area (Å²) >= 11 is 1.66. The van der Waals surface area contributed by atoms with Crippen molar-refractivity contribution < 1.29 is 13.2 Å². The minimum absolute atomic E-state index is 0.0438. The Kier molecular flexibility index (Phi) is 5.96. The van der Waals surface area contributed by atoms with Gasteiger partial charge >= 0.3 is 0 Å². The highest BCUT2D eigenvalue weighted by molar-refractivity contribution is 7.86. The van der Waals surface area contributed by atoms with Crippen LogP contribution in [0.1, 0.15) is 24.1 Å². The van der Waals surface area contributed by atoms with Crippen LogP contribution in [0.4, 0.5) is 0 Å². The number of nitrogens with zero attached hydrogens (tertiary/aromatic N) is 2. The molecule has 1 saturated heterocycles. The van der Waals surface area contributed by atoms with Crippen molar-refractivity contribution in [1.82, 2.24) is 13.9 Å². The molecule has 0 unspecified atom stereocenters. The molecular weight excluding hydrogens is 322 g/mol. The van der Waals surface area contributed by atoms with Crippen LogP contribution in [0.2, 0.25) is 0 Å². The molecule has 0 aliphatic carbocycles. The molecule has 22 heavy (non-hydrogen) atoms. The lowest BCUT2D eigenvalue weighted by atomic mass is 10.1. The molecule has 1 aromatic heterocycles. The summed E-state index contributed by atoms with van der Waals surface area (Å²) in [6.07, 6.45) is 2.57. The number of rotatable bonds is 6. The number of piperidine rings is 1. The van der Waals surface area contributed by atoms with Gasteiger partial charge in [0, 0.05) is 44.5 Å². The van der Waals surface area contributed by atoms with Gasteiger partial charge in [0.25, 0.3) is 10.2 Å². The molecule has 1 amide bonds.